The van der Waals surface area contributed by atoms with Crippen LogP contribution in [0.25, 0.3) is 11.4 Å². The van der Waals surface area contributed by atoms with E-state index in [-0.39, 0.29) is 11.8 Å². The number of carbonyl (C=O) groups excluding carboxylic acids is 1. The Morgan fingerprint density at radius 2 is 1.92 bits per heavy atom. The van der Waals surface area contributed by atoms with Crippen LogP contribution in [0, 0.1) is 12.8 Å². The number of hydrogen-bond donors (Lipinski definition) is 1. The second kappa shape index (κ2) is 7.70. The minimum atomic E-state index is -0.412. The van der Waals surface area contributed by atoms with Crippen LogP contribution in [-0.4, -0.2) is 16.0 Å². The summed E-state index contributed by atoms with van der Waals surface area (Å²) >= 11 is 6.11. The molecule has 134 valence electrons. The summed E-state index contributed by atoms with van der Waals surface area (Å²) in [6.07, 6.45) is 0. The average molecular weight is 370 g/mol. The minimum Gasteiger partial charge on any atom is -0.340 e. The lowest BCUT2D eigenvalue weighted by Crippen LogP contribution is -2.32. The van der Waals surface area contributed by atoms with Gasteiger partial charge in [-0.3, -0.25) is 4.79 Å². The van der Waals surface area contributed by atoms with E-state index in [0.29, 0.717) is 22.3 Å². The number of rotatable bonds is 5. The van der Waals surface area contributed by atoms with Crippen LogP contribution >= 0.6 is 11.6 Å². The van der Waals surface area contributed by atoms with Crippen molar-refractivity contribution in [2.45, 2.75) is 26.8 Å². The number of nitrogens with one attached hydrogen (secondary N) is 1. The van der Waals surface area contributed by atoms with E-state index in [2.05, 4.69) is 15.5 Å². The molecule has 0 radical (unpaired) electrons. The van der Waals surface area contributed by atoms with Crippen molar-refractivity contribution in [3.05, 3.63) is 70.6 Å². The third kappa shape index (κ3) is 3.94. The van der Waals surface area contributed by atoms with E-state index in [1.165, 1.54) is 0 Å². The molecule has 0 unspecified atom stereocenters. The van der Waals surface area contributed by atoms with Gasteiger partial charge < -0.3 is 9.84 Å². The summed E-state index contributed by atoms with van der Waals surface area (Å²) in [6.45, 7) is 5.97. The number of nitrogens with zero attached hydrogens (tertiary/aromatic N) is 2. The molecule has 0 aliphatic rings. The Bertz CT molecular complexity index is 921. The van der Waals surface area contributed by atoms with Crippen molar-refractivity contribution in [2.24, 2.45) is 5.92 Å². The quantitative estimate of drug-likeness (QED) is 0.699. The lowest BCUT2D eigenvalue weighted by molar-refractivity contribution is 0.0914. The Morgan fingerprint density at radius 1 is 1.15 bits per heavy atom. The van der Waals surface area contributed by atoms with Gasteiger partial charge in [-0.15, -0.1) is 0 Å². The van der Waals surface area contributed by atoms with Gasteiger partial charge in [0.25, 0.3) is 5.91 Å². The molecular formula is C20H20ClN3O2. The van der Waals surface area contributed by atoms with Crippen molar-refractivity contribution >= 4 is 17.5 Å². The Morgan fingerprint density at radius 3 is 2.62 bits per heavy atom. The zero-order valence-corrected chi connectivity index (χ0v) is 15.6. The first-order chi connectivity index (χ1) is 12.5. The summed E-state index contributed by atoms with van der Waals surface area (Å²) in [7, 11) is 0. The van der Waals surface area contributed by atoms with Crippen molar-refractivity contribution in [1.82, 2.24) is 15.5 Å². The molecule has 3 aromatic rings. The first-order valence-corrected chi connectivity index (χ1v) is 8.79. The number of benzene rings is 2. The second-order valence-corrected chi connectivity index (χ2v) is 6.91. The SMILES string of the molecule is Cc1cccc(-c2noc([C@H](NC(=O)c3ccccc3Cl)C(C)C)n2)c1. The van der Waals surface area contributed by atoms with E-state index in [0.717, 1.165) is 11.1 Å². The zero-order chi connectivity index (χ0) is 18.7. The van der Waals surface area contributed by atoms with Crippen LogP contribution < -0.4 is 5.32 Å². The van der Waals surface area contributed by atoms with Crippen LogP contribution in [0.1, 0.15) is 41.7 Å². The van der Waals surface area contributed by atoms with Gasteiger partial charge in [0.05, 0.1) is 10.6 Å². The maximum atomic E-state index is 12.6. The number of aryl methyl sites for hydroxylation is 1. The normalized spacial score (nSPS) is 12.2. The van der Waals surface area contributed by atoms with Gasteiger partial charge in [-0.05, 0) is 31.0 Å². The lowest BCUT2D eigenvalue weighted by Gasteiger charge is -2.18. The topological polar surface area (TPSA) is 68.0 Å². The molecule has 0 fully saturated rings. The first kappa shape index (κ1) is 18.1. The maximum absolute atomic E-state index is 12.6. The molecule has 0 bridgehead atoms. The summed E-state index contributed by atoms with van der Waals surface area (Å²) in [6, 6.07) is 14.4. The van der Waals surface area contributed by atoms with E-state index in [1.54, 1.807) is 24.3 Å². The number of amides is 1. The Kier molecular flexibility index (Phi) is 5.38. The van der Waals surface area contributed by atoms with Crippen molar-refractivity contribution < 1.29 is 9.32 Å². The molecule has 3 rings (SSSR count). The van der Waals surface area contributed by atoms with Gasteiger partial charge in [0.15, 0.2) is 0 Å². The van der Waals surface area contributed by atoms with Crippen molar-refractivity contribution in [2.75, 3.05) is 0 Å². The smallest absolute Gasteiger partial charge is 0.253 e. The number of halogens is 1. The van der Waals surface area contributed by atoms with Gasteiger partial charge in [0.1, 0.15) is 6.04 Å². The van der Waals surface area contributed by atoms with Crippen molar-refractivity contribution in [3.63, 3.8) is 0 Å². The van der Waals surface area contributed by atoms with Crippen LogP contribution in [0.5, 0.6) is 0 Å². The molecule has 1 atom stereocenters. The zero-order valence-electron chi connectivity index (χ0n) is 14.9. The predicted molar refractivity (Wildman–Crippen MR) is 101 cm³/mol. The van der Waals surface area contributed by atoms with Crippen LogP contribution in [0.15, 0.2) is 53.1 Å². The standard InChI is InChI=1S/C20H20ClN3O2/c1-12(2)17(22-19(25)15-9-4-5-10-16(15)21)20-23-18(24-26-20)14-8-6-7-13(3)11-14/h4-12,17H,1-3H3,(H,22,25)/t17-/m1/s1. The molecule has 0 aliphatic heterocycles. The molecule has 1 aromatic heterocycles. The van der Waals surface area contributed by atoms with E-state index in [1.807, 2.05) is 45.0 Å². The summed E-state index contributed by atoms with van der Waals surface area (Å²) in [5.41, 5.74) is 2.40. The van der Waals surface area contributed by atoms with E-state index < -0.39 is 6.04 Å². The molecule has 0 saturated heterocycles. The Hall–Kier alpha value is -2.66. The van der Waals surface area contributed by atoms with E-state index in [4.69, 9.17) is 16.1 Å². The van der Waals surface area contributed by atoms with E-state index >= 15 is 0 Å². The molecule has 1 N–H and O–H groups in total. The largest absolute Gasteiger partial charge is 0.340 e. The molecule has 6 heteroatoms. The van der Waals surface area contributed by atoms with Gasteiger partial charge in [-0.1, -0.05) is 66.5 Å². The third-order valence-electron chi connectivity index (χ3n) is 4.06. The van der Waals surface area contributed by atoms with E-state index in [9.17, 15) is 4.79 Å². The summed E-state index contributed by atoms with van der Waals surface area (Å²) in [5, 5.41) is 7.41. The number of hydrogen-bond acceptors (Lipinski definition) is 4. The van der Waals surface area contributed by atoms with Gasteiger partial charge in [-0.25, -0.2) is 0 Å². The predicted octanol–water partition coefficient (Wildman–Crippen LogP) is 4.83. The van der Waals surface area contributed by atoms with Crippen molar-refractivity contribution in [3.8, 4) is 11.4 Å². The highest BCUT2D eigenvalue weighted by atomic mass is 35.5. The fraction of sp³-hybridized carbons (Fsp3) is 0.250. The van der Waals surface area contributed by atoms with Gasteiger partial charge in [-0.2, -0.15) is 4.98 Å². The number of carbonyl (C=O) groups is 1. The lowest BCUT2D eigenvalue weighted by atomic mass is 10.0. The number of aromatic nitrogens is 2. The highest BCUT2D eigenvalue weighted by Gasteiger charge is 2.26. The first-order valence-electron chi connectivity index (χ1n) is 8.41. The minimum absolute atomic E-state index is 0.0623. The van der Waals surface area contributed by atoms with Crippen LogP contribution in [0.4, 0.5) is 0 Å². The van der Waals surface area contributed by atoms with Crippen molar-refractivity contribution in [1.29, 1.82) is 0 Å². The molecule has 1 amide bonds. The van der Waals surface area contributed by atoms with Crippen LogP contribution in [0.3, 0.4) is 0 Å². The summed E-state index contributed by atoms with van der Waals surface area (Å²) in [5.74, 6) is 0.662. The molecule has 1 heterocycles. The van der Waals surface area contributed by atoms with Crippen LogP contribution in [0.2, 0.25) is 5.02 Å². The third-order valence-corrected chi connectivity index (χ3v) is 4.39. The van der Waals surface area contributed by atoms with Gasteiger partial charge >= 0.3 is 0 Å². The van der Waals surface area contributed by atoms with Crippen LogP contribution in [-0.2, 0) is 0 Å². The van der Waals surface area contributed by atoms with Gasteiger partial charge in [0.2, 0.25) is 11.7 Å². The molecule has 0 saturated carbocycles. The molecular weight excluding hydrogens is 350 g/mol. The molecule has 2 aromatic carbocycles. The molecule has 26 heavy (non-hydrogen) atoms. The van der Waals surface area contributed by atoms with Gasteiger partial charge in [0, 0.05) is 5.56 Å². The Labute approximate surface area is 157 Å². The molecule has 5 nitrogen and oxygen atoms in total. The second-order valence-electron chi connectivity index (χ2n) is 6.50. The molecule has 0 aliphatic carbocycles. The molecule has 0 spiro atoms. The fourth-order valence-electron chi connectivity index (χ4n) is 2.64. The monoisotopic (exact) mass is 369 g/mol. The highest BCUT2D eigenvalue weighted by molar-refractivity contribution is 6.33. The summed E-state index contributed by atoms with van der Waals surface area (Å²) in [4.78, 5) is 17.1. The summed E-state index contributed by atoms with van der Waals surface area (Å²) < 4.78 is 5.44. The maximum Gasteiger partial charge on any atom is 0.253 e. The average Bonchev–Trinajstić information content (AvgIpc) is 3.09. The highest BCUT2D eigenvalue weighted by Crippen LogP contribution is 2.25. The Balaban J connectivity index is 1.85. The fourth-order valence-corrected chi connectivity index (χ4v) is 2.86.